The Hall–Kier alpha value is -1.26. The van der Waals surface area contributed by atoms with Gasteiger partial charge in [-0.15, -0.1) is 11.3 Å². The molecular weight excluding hydrogens is 235 g/mol. The normalized spacial score (nSPS) is 19.1. The number of aromatic nitrogens is 1. The lowest BCUT2D eigenvalue weighted by molar-refractivity contribution is 0.545. The van der Waals surface area contributed by atoms with E-state index in [4.69, 9.17) is 0 Å². The second-order valence-electron chi connectivity index (χ2n) is 4.26. The molecule has 0 radical (unpaired) electrons. The van der Waals surface area contributed by atoms with Crippen LogP contribution in [0.4, 0.5) is 4.39 Å². The second-order valence-corrected chi connectivity index (χ2v) is 5.29. The molecule has 0 aliphatic carbocycles. The molecule has 0 amide bonds. The fourth-order valence-electron chi connectivity index (χ4n) is 2.10. The molecule has 0 spiro atoms. The molecule has 0 saturated heterocycles. The van der Waals surface area contributed by atoms with Gasteiger partial charge in [0.2, 0.25) is 0 Å². The van der Waals surface area contributed by atoms with Gasteiger partial charge in [-0.3, -0.25) is 0 Å². The molecule has 88 valence electrons. The highest BCUT2D eigenvalue weighted by Gasteiger charge is 2.21. The summed E-state index contributed by atoms with van der Waals surface area (Å²) in [5.74, 6) is -0.204. The molecule has 2 heterocycles. The van der Waals surface area contributed by atoms with E-state index in [2.05, 4.69) is 17.2 Å². The minimum atomic E-state index is -0.204. The Morgan fingerprint density at radius 2 is 2.12 bits per heavy atom. The molecule has 1 aliphatic heterocycles. The number of benzene rings is 1. The lowest BCUT2D eigenvalue weighted by atomic mass is 10.1. The van der Waals surface area contributed by atoms with Crippen molar-refractivity contribution in [2.24, 2.45) is 0 Å². The van der Waals surface area contributed by atoms with E-state index in [-0.39, 0.29) is 5.82 Å². The molecule has 0 fully saturated rings. The number of rotatable bonds is 1. The van der Waals surface area contributed by atoms with E-state index in [9.17, 15) is 4.39 Å². The first-order valence-corrected chi connectivity index (χ1v) is 6.54. The van der Waals surface area contributed by atoms with Gasteiger partial charge in [0.05, 0.1) is 5.69 Å². The van der Waals surface area contributed by atoms with Crippen LogP contribution in [0.25, 0.3) is 10.6 Å². The van der Waals surface area contributed by atoms with Gasteiger partial charge in [-0.2, -0.15) is 0 Å². The molecule has 1 aromatic heterocycles. The summed E-state index contributed by atoms with van der Waals surface area (Å²) >= 11 is 1.71. The predicted octanol–water partition coefficient (Wildman–Crippen LogP) is 3.16. The average molecular weight is 248 g/mol. The Morgan fingerprint density at radius 1 is 1.35 bits per heavy atom. The van der Waals surface area contributed by atoms with Crippen molar-refractivity contribution in [3.63, 3.8) is 0 Å². The van der Waals surface area contributed by atoms with Crippen molar-refractivity contribution in [2.75, 3.05) is 6.54 Å². The van der Waals surface area contributed by atoms with Gasteiger partial charge in [0.15, 0.2) is 0 Å². The summed E-state index contributed by atoms with van der Waals surface area (Å²) in [6.07, 6.45) is 0.984. The zero-order valence-corrected chi connectivity index (χ0v) is 10.4. The first kappa shape index (κ1) is 10.9. The summed E-state index contributed by atoms with van der Waals surface area (Å²) in [5.41, 5.74) is 2.19. The van der Waals surface area contributed by atoms with Crippen molar-refractivity contribution in [1.82, 2.24) is 10.3 Å². The maximum absolute atomic E-state index is 12.9. The highest BCUT2D eigenvalue weighted by Crippen LogP contribution is 2.33. The van der Waals surface area contributed by atoms with E-state index in [0.717, 1.165) is 23.5 Å². The first-order chi connectivity index (χ1) is 8.24. The largest absolute Gasteiger partial charge is 0.309 e. The fraction of sp³-hybridized carbons (Fsp3) is 0.308. The molecule has 2 aromatic rings. The van der Waals surface area contributed by atoms with Crippen molar-refractivity contribution in [1.29, 1.82) is 0 Å². The summed E-state index contributed by atoms with van der Waals surface area (Å²) in [7, 11) is 0. The van der Waals surface area contributed by atoms with Crippen LogP contribution in [-0.2, 0) is 6.42 Å². The van der Waals surface area contributed by atoms with E-state index in [1.807, 2.05) is 0 Å². The molecule has 4 heteroatoms. The molecule has 2 nitrogen and oxygen atoms in total. The van der Waals surface area contributed by atoms with E-state index in [1.54, 1.807) is 23.5 Å². The van der Waals surface area contributed by atoms with Crippen LogP contribution in [-0.4, -0.2) is 11.5 Å². The van der Waals surface area contributed by atoms with Gasteiger partial charge in [0.1, 0.15) is 10.8 Å². The maximum atomic E-state index is 12.9. The van der Waals surface area contributed by atoms with Crippen LogP contribution in [0.3, 0.4) is 0 Å². The lowest BCUT2D eigenvalue weighted by Crippen LogP contribution is -2.26. The number of nitrogens with one attached hydrogen (secondary N) is 1. The average Bonchev–Trinajstić information content (AvgIpc) is 2.75. The van der Waals surface area contributed by atoms with Crippen molar-refractivity contribution in [3.8, 4) is 10.6 Å². The van der Waals surface area contributed by atoms with Gasteiger partial charge in [0, 0.05) is 29.4 Å². The highest BCUT2D eigenvalue weighted by molar-refractivity contribution is 7.15. The minimum absolute atomic E-state index is 0.204. The Morgan fingerprint density at radius 3 is 2.82 bits per heavy atom. The van der Waals surface area contributed by atoms with Gasteiger partial charge in [-0.1, -0.05) is 0 Å². The standard InChI is InChI=1S/C13H13FN2S/c1-8-12-11(6-7-15-8)16-13(17-12)9-2-4-10(14)5-3-9/h2-5,8,15H,6-7H2,1H3. The Bertz CT molecular complexity index is 533. The van der Waals surface area contributed by atoms with E-state index in [0.29, 0.717) is 6.04 Å². The Labute approximate surface area is 104 Å². The highest BCUT2D eigenvalue weighted by atomic mass is 32.1. The van der Waals surface area contributed by atoms with Crippen LogP contribution in [0.15, 0.2) is 24.3 Å². The molecular formula is C13H13FN2S. The smallest absolute Gasteiger partial charge is 0.123 e. The van der Waals surface area contributed by atoms with Gasteiger partial charge in [-0.05, 0) is 31.2 Å². The summed E-state index contributed by atoms with van der Waals surface area (Å²) in [6, 6.07) is 6.93. The van der Waals surface area contributed by atoms with Crippen LogP contribution in [0, 0.1) is 5.82 Å². The number of hydrogen-bond acceptors (Lipinski definition) is 3. The van der Waals surface area contributed by atoms with Crippen LogP contribution < -0.4 is 5.32 Å². The summed E-state index contributed by atoms with van der Waals surface area (Å²) in [4.78, 5) is 5.97. The lowest BCUT2D eigenvalue weighted by Gasteiger charge is -2.18. The Kier molecular flexibility index (Phi) is 2.68. The summed E-state index contributed by atoms with van der Waals surface area (Å²) < 4.78 is 12.9. The predicted molar refractivity (Wildman–Crippen MR) is 67.6 cm³/mol. The topological polar surface area (TPSA) is 24.9 Å². The van der Waals surface area contributed by atoms with Crippen LogP contribution in [0.5, 0.6) is 0 Å². The van der Waals surface area contributed by atoms with Crippen LogP contribution in [0.2, 0.25) is 0 Å². The molecule has 0 saturated carbocycles. The molecule has 3 rings (SSSR count). The fourth-order valence-corrected chi connectivity index (χ4v) is 3.24. The number of hydrogen-bond donors (Lipinski definition) is 1. The monoisotopic (exact) mass is 248 g/mol. The van der Waals surface area contributed by atoms with Crippen molar-refractivity contribution < 1.29 is 4.39 Å². The third kappa shape index (κ3) is 1.98. The number of nitrogens with zero attached hydrogens (tertiary/aromatic N) is 1. The van der Waals surface area contributed by atoms with Gasteiger partial charge in [-0.25, -0.2) is 9.37 Å². The molecule has 1 aromatic carbocycles. The van der Waals surface area contributed by atoms with Crippen LogP contribution in [0.1, 0.15) is 23.5 Å². The van der Waals surface area contributed by atoms with Crippen molar-refractivity contribution in [3.05, 3.63) is 40.7 Å². The quantitative estimate of drug-likeness (QED) is 0.838. The number of fused-ring (bicyclic) bond motifs is 1. The molecule has 1 atom stereocenters. The molecule has 1 aliphatic rings. The third-order valence-corrected chi connectivity index (χ3v) is 4.35. The van der Waals surface area contributed by atoms with Crippen molar-refractivity contribution in [2.45, 2.75) is 19.4 Å². The van der Waals surface area contributed by atoms with Crippen molar-refractivity contribution >= 4 is 11.3 Å². The van der Waals surface area contributed by atoms with Gasteiger partial charge in [0.25, 0.3) is 0 Å². The Balaban J connectivity index is 2.02. The van der Waals surface area contributed by atoms with E-state index in [1.165, 1.54) is 22.7 Å². The molecule has 17 heavy (non-hydrogen) atoms. The third-order valence-electron chi connectivity index (χ3n) is 3.02. The number of thiazole rings is 1. The van der Waals surface area contributed by atoms with Gasteiger partial charge >= 0.3 is 0 Å². The van der Waals surface area contributed by atoms with E-state index < -0.39 is 0 Å². The van der Waals surface area contributed by atoms with Gasteiger partial charge < -0.3 is 5.32 Å². The molecule has 1 N–H and O–H groups in total. The summed E-state index contributed by atoms with van der Waals surface area (Å²) in [6.45, 7) is 3.14. The first-order valence-electron chi connectivity index (χ1n) is 5.73. The minimum Gasteiger partial charge on any atom is -0.309 e. The second kappa shape index (κ2) is 4.20. The van der Waals surface area contributed by atoms with Crippen LogP contribution >= 0.6 is 11.3 Å². The molecule has 0 bridgehead atoms. The molecule has 1 unspecified atom stereocenters. The number of halogens is 1. The zero-order chi connectivity index (χ0) is 11.8. The zero-order valence-electron chi connectivity index (χ0n) is 9.53. The maximum Gasteiger partial charge on any atom is 0.123 e. The summed E-state index contributed by atoms with van der Waals surface area (Å²) in [5, 5.41) is 4.41. The SMILES string of the molecule is CC1NCCc2nc(-c3ccc(F)cc3)sc21. The van der Waals surface area contributed by atoms with E-state index >= 15 is 0 Å².